The molecule has 2 heteroatoms. The van der Waals surface area contributed by atoms with Gasteiger partial charge < -0.3 is 4.57 Å². The fourth-order valence-electron chi connectivity index (χ4n) is 1.56. The summed E-state index contributed by atoms with van der Waals surface area (Å²) in [5.74, 6) is 0. The van der Waals surface area contributed by atoms with Gasteiger partial charge in [-0.3, -0.25) is 0 Å². The van der Waals surface area contributed by atoms with Crippen LogP contribution >= 0.6 is 0 Å². The molecule has 0 spiro atoms. The molecule has 0 aliphatic carbocycles. The molecule has 0 unspecified atom stereocenters. The van der Waals surface area contributed by atoms with Gasteiger partial charge in [0.05, 0.1) is 0 Å². The minimum Gasteiger partial charge on any atom is -0.333 e. The van der Waals surface area contributed by atoms with Crippen LogP contribution in [0.15, 0.2) is 18.3 Å². The number of rotatable bonds is 0. The normalized spacial score (nSPS) is 10.9. The molecule has 0 fully saturated rings. The van der Waals surface area contributed by atoms with Crippen molar-refractivity contribution in [3.63, 3.8) is 0 Å². The summed E-state index contributed by atoms with van der Waals surface area (Å²) in [6.45, 7) is 4.26. The second-order valence-electron chi connectivity index (χ2n) is 3.14. The number of hydrogen-bond acceptors (Lipinski definition) is 1. The van der Waals surface area contributed by atoms with Crippen LogP contribution in [0.5, 0.6) is 0 Å². The molecule has 0 amide bonds. The Hall–Kier alpha value is -1.31. The molecule has 0 aliphatic rings. The van der Waals surface area contributed by atoms with E-state index >= 15 is 0 Å². The molecule has 2 nitrogen and oxygen atoms in total. The van der Waals surface area contributed by atoms with Crippen molar-refractivity contribution in [2.45, 2.75) is 13.8 Å². The topological polar surface area (TPSA) is 17.8 Å². The van der Waals surface area contributed by atoms with Crippen LogP contribution in [0, 0.1) is 13.8 Å². The molecule has 2 aromatic rings. The van der Waals surface area contributed by atoms with Crippen LogP contribution in [0.1, 0.15) is 11.3 Å². The second-order valence-corrected chi connectivity index (χ2v) is 3.14. The molecule has 2 rings (SSSR count). The highest BCUT2D eigenvalue weighted by Crippen LogP contribution is 2.21. The van der Waals surface area contributed by atoms with E-state index in [1.165, 1.54) is 16.6 Å². The van der Waals surface area contributed by atoms with Crippen molar-refractivity contribution in [3.05, 3.63) is 29.6 Å². The van der Waals surface area contributed by atoms with Crippen molar-refractivity contribution in [1.82, 2.24) is 9.55 Å². The Balaban J connectivity index is 2.99. The fourth-order valence-corrected chi connectivity index (χ4v) is 1.56. The van der Waals surface area contributed by atoms with Gasteiger partial charge >= 0.3 is 0 Å². The maximum absolute atomic E-state index is 4.33. The molecule has 12 heavy (non-hydrogen) atoms. The first-order valence-corrected chi connectivity index (χ1v) is 4.08. The van der Waals surface area contributed by atoms with Gasteiger partial charge in [0, 0.05) is 24.3 Å². The molecule has 0 aliphatic heterocycles. The molecule has 62 valence electrons. The van der Waals surface area contributed by atoms with Gasteiger partial charge in [-0.1, -0.05) is 0 Å². The highest BCUT2D eigenvalue weighted by Gasteiger charge is 2.06. The Labute approximate surface area is 71.8 Å². The minimum atomic E-state index is 1.08. The van der Waals surface area contributed by atoms with E-state index in [-0.39, 0.29) is 0 Å². The number of fused-ring (bicyclic) bond motifs is 1. The molecule has 2 aromatic heterocycles. The number of aromatic nitrogens is 2. The summed E-state index contributed by atoms with van der Waals surface area (Å²) in [5.41, 5.74) is 3.71. The Morgan fingerprint density at radius 3 is 2.75 bits per heavy atom. The zero-order valence-corrected chi connectivity index (χ0v) is 7.63. The average molecular weight is 160 g/mol. The Bertz CT molecular complexity index is 388. The van der Waals surface area contributed by atoms with Crippen molar-refractivity contribution in [1.29, 1.82) is 0 Å². The average Bonchev–Trinajstić information content (AvgIpc) is 2.33. The van der Waals surface area contributed by atoms with Crippen LogP contribution in [-0.2, 0) is 7.05 Å². The summed E-state index contributed by atoms with van der Waals surface area (Å²) in [5, 5.41) is 1.26. The first-order chi connectivity index (χ1) is 5.72. The predicted molar refractivity (Wildman–Crippen MR) is 50.2 cm³/mol. The largest absolute Gasteiger partial charge is 0.333 e. The predicted octanol–water partition coefficient (Wildman–Crippen LogP) is 2.19. The lowest BCUT2D eigenvalue weighted by atomic mass is 10.2. The Morgan fingerprint density at radius 2 is 2.08 bits per heavy atom. The van der Waals surface area contributed by atoms with Crippen molar-refractivity contribution in [3.8, 4) is 0 Å². The summed E-state index contributed by atoms with van der Waals surface area (Å²) in [6, 6.07) is 4.10. The van der Waals surface area contributed by atoms with Crippen LogP contribution < -0.4 is 0 Å². The van der Waals surface area contributed by atoms with Gasteiger partial charge in [0.1, 0.15) is 5.65 Å². The van der Waals surface area contributed by atoms with E-state index in [2.05, 4.69) is 36.5 Å². The van der Waals surface area contributed by atoms with Gasteiger partial charge in [0.15, 0.2) is 0 Å². The van der Waals surface area contributed by atoms with Crippen molar-refractivity contribution >= 4 is 11.0 Å². The maximum Gasteiger partial charge on any atom is 0.140 e. The standard InChI is InChI=1S/C10H12N2/c1-7-8(2)12(3)10-9(7)5-4-6-11-10/h4-6H,1-3H3. The lowest BCUT2D eigenvalue weighted by molar-refractivity contribution is 0.895. The van der Waals surface area contributed by atoms with Gasteiger partial charge in [0.2, 0.25) is 0 Å². The highest BCUT2D eigenvalue weighted by atomic mass is 15.0. The van der Waals surface area contributed by atoms with Crippen molar-refractivity contribution in [2.75, 3.05) is 0 Å². The van der Waals surface area contributed by atoms with Crippen LogP contribution in [0.3, 0.4) is 0 Å². The van der Waals surface area contributed by atoms with Gasteiger partial charge in [0.25, 0.3) is 0 Å². The third-order valence-corrected chi connectivity index (χ3v) is 2.55. The number of aryl methyl sites for hydroxylation is 2. The van der Waals surface area contributed by atoms with E-state index in [4.69, 9.17) is 0 Å². The van der Waals surface area contributed by atoms with E-state index in [1.54, 1.807) is 0 Å². The zero-order chi connectivity index (χ0) is 8.72. The summed E-state index contributed by atoms with van der Waals surface area (Å²) in [6.07, 6.45) is 1.83. The first kappa shape index (κ1) is 7.35. The molecule has 0 N–H and O–H groups in total. The van der Waals surface area contributed by atoms with Crippen LogP contribution in [0.4, 0.5) is 0 Å². The maximum atomic E-state index is 4.33. The molecule has 2 heterocycles. The van der Waals surface area contributed by atoms with E-state index < -0.39 is 0 Å². The van der Waals surface area contributed by atoms with E-state index in [1.807, 2.05) is 12.3 Å². The molecule has 0 saturated carbocycles. The van der Waals surface area contributed by atoms with E-state index in [9.17, 15) is 0 Å². The third-order valence-electron chi connectivity index (χ3n) is 2.55. The van der Waals surface area contributed by atoms with Gasteiger partial charge in [-0.2, -0.15) is 0 Å². The molecule has 0 atom stereocenters. The molecular formula is C10H12N2. The number of nitrogens with zero attached hydrogens (tertiary/aromatic N) is 2. The smallest absolute Gasteiger partial charge is 0.140 e. The van der Waals surface area contributed by atoms with Gasteiger partial charge in [-0.05, 0) is 31.5 Å². The highest BCUT2D eigenvalue weighted by molar-refractivity contribution is 5.81. The quantitative estimate of drug-likeness (QED) is 0.577. The van der Waals surface area contributed by atoms with Crippen molar-refractivity contribution in [2.24, 2.45) is 7.05 Å². The summed E-state index contributed by atoms with van der Waals surface area (Å²) >= 11 is 0. The minimum absolute atomic E-state index is 1.08. The first-order valence-electron chi connectivity index (χ1n) is 4.08. The summed E-state index contributed by atoms with van der Waals surface area (Å²) in [7, 11) is 2.05. The fraction of sp³-hybridized carbons (Fsp3) is 0.300. The molecule has 0 aromatic carbocycles. The van der Waals surface area contributed by atoms with E-state index in [0.717, 1.165) is 5.65 Å². The SMILES string of the molecule is Cc1c(C)n(C)c2ncccc12. The van der Waals surface area contributed by atoms with Crippen molar-refractivity contribution < 1.29 is 0 Å². The lowest BCUT2D eigenvalue weighted by Crippen LogP contribution is -1.91. The lowest BCUT2D eigenvalue weighted by Gasteiger charge is -1.95. The Morgan fingerprint density at radius 1 is 1.33 bits per heavy atom. The van der Waals surface area contributed by atoms with Crippen LogP contribution in [0.25, 0.3) is 11.0 Å². The number of pyridine rings is 1. The Kier molecular flexibility index (Phi) is 1.43. The van der Waals surface area contributed by atoms with Crippen LogP contribution in [-0.4, -0.2) is 9.55 Å². The van der Waals surface area contributed by atoms with Crippen LogP contribution in [0.2, 0.25) is 0 Å². The summed E-state index contributed by atoms with van der Waals surface area (Å²) in [4.78, 5) is 4.33. The number of hydrogen-bond donors (Lipinski definition) is 0. The third kappa shape index (κ3) is 0.779. The molecule has 0 radical (unpaired) electrons. The monoisotopic (exact) mass is 160 g/mol. The molecular weight excluding hydrogens is 148 g/mol. The van der Waals surface area contributed by atoms with E-state index in [0.29, 0.717) is 0 Å². The van der Waals surface area contributed by atoms with Gasteiger partial charge in [-0.25, -0.2) is 4.98 Å². The van der Waals surface area contributed by atoms with Gasteiger partial charge in [-0.15, -0.1) is 0 Å². The zero-order valence-electron chi connectivity index (χ0n) is 7.63. The molecule has 0 saturated heterocycles. The summed E-state index contributed by atoms with van der Waals surface area (Å²) < 4.78 is 2.13. The second kappa shape index (κ2) is 2.34. The molecule has 0 bridgehead atoms.